The lowest BCUT2D eigenvalue weighted by atomic mass is 10.2. The second kappa shape index (κ2) is 7.76. The van der Waals surface area contributed by atoms with E-state index in [9.17, 15) is 35.9 Å². The molecule has 0 aliphatic carbocycles. The predicted molar refractivity (Wildman–Crippen MR) is 76.7 cm³/mol. The monoisotopic (exact) mass is 377 g/mol. The molecule has 2 aromatic carbocycles. The molecule has 11 heteroatoms. The molecule has 2 rings (SSSR count). The summed E-state index contributed by atoms with van der Waals surface area (Å²) in [6, 6.07) is 4.88. The SMILES string of the molecule is O=C(CNC(=O)c1ccccc1F)NNc1c(F)c(F)c(F)c(F)c1F. The minimum absolute atomic E-state index is 0.354. The van der Waals surface area contributed by atoms with Gasteiger partial charge in [0, 0.05) is 0 Å². The second-order valence-corrected chi connectivity index (χ2v) is 4.78. The standard InChI is InChI=1S/C15H9F6N3O2/c16-7-4-2-1-3-6(7)15(26)22-5-8(25)23-24-14-12(20)10(18)9(17)11(19)13(14)21/h1-4,24H,5H2,(H,22,26)(H,23,25). The molecule has 0 heterocycles. The molecule has 0 unspecified atom stereocenters. The lowest BCUT2D eigenvalue weighted by molar-refractivity contribution is -0.119. The van der Waals surface area contributed by atoms with Crippen molar-refractivity contribution in [2.24, 2.45) is 0 Å². The highest BCUT2D eigenvalue weighted by molar-refractivity contribution is 5.96. The van der Waals surface area contributed by atoms with Crippen molar-refractivity contribution in [2.75, 3.05) is 12.0 Å². The van der Waals surface area contributed by atoms with Crippen LogP contribution in [0.4, 0.5) is 32.0 Å². The summed E-state index contributed by atoms with van der Waals surface area (Å²) in [6.45, 7) is -0.768. The van der Waals surface area contributed by atoms with E-state index in [1.165, 1.54) is 12.1 Å². The van der Waals surface area contributed by atoms with Gasteiger partial charge in [0.05, 0.1) is 12.1 Å². The number of hydrazine groups is 1. The largest absolute Gasteiger partial charge is 0.343 e. The van der Waals surface area contributed by atoms with Crippen molar-refractivity contribution in [3.8, 4) is 0 Å². The van der Waals surface area contributed by atoms with Gasteiger partial charge in [-0.25, -0.2) is 26.3 Å². The average Bonchev–Trinajstić information content (AvgIpc) is 2.63. The zero-order valence-electron chi connectivity index (χ0n) is 12.6. The zero-order valence-corrected chi connectivity index (χ0v) is 12.6. The molecule has 0 aliphatic rings. The molecule has 5 nitrogen and oxygen atoms in total. The van der Waals surface area contributed by atoms with Crippen LogP contribution in [0.25, 0.3) is 0 Å². The number of amides is 2. The first-order chi connectivity index (χ1) is 12.2. The third kappa shape index (κ3) is 3.87. The number of carbonyl (C=O) groups excluding carboxylic acids is 2. The molecule has 0 bridgehead atoms. The van der Waals surface area contributed by atoms with Gasteiger partial charge in [-0.15, -0.1) is 0 Å². The first-order valence-electron chi connectivity index (χ1n) is 6.83. The Bertz CT molecular complexity index is 846. The van der Waals surface area contributed by atoms with Crippen LogP contribution in [-0.4, -0.2) is 18.4 Å². The summed E-state index contributed by atoms with van der Waals surface area (Å²) in [5.74, 6) is -14.0. The van der Waals surface area contributed by atoms with Crippen molar-refractivity contribution in [1.29, 1.82) is 0 Å². The summed E-state index contributed by atoms with van der Waals surface area (Å²) in [5.41, 5.74) is 1.36. The van der Waals surface area contributed by atoms with Gasteiger partial charge in [0.2, 0.25) is 5.82 Å². The van der Waals surface area contributed by atoms with E-state index in [-0.39, 0.29) is 5.56 Å². The Balaban J connectivity index is 1.98. The molecule has 0 saturated heterocycles. The Morgan fingerprint density at radius 1 is 0.808 bits per heavy atom. The highest BCUT2D eigenvalue weighted by Crippen LogP contribution is 2.26. The van der Waals surface area contributed by atoms with Gasteiger partial charge in [0.1, 0.15) is 11.5 Å². The second-order valence-electron chi connectivity index (χ2n) is 4.78. The van der Waals surface area contributed by atoms with Crippen LogP contribution in [0.15, 0.2) is 24.3 Å². The topological polar surface area (TPSA) is 70.2 Å². The first kappa shape index (κ1) is 19.1. The summed E-state index contributed by atoms with van der Waals surface area (Å²) in [7, 11) is 0. The van der Waals surface area contributed by atoms with E-state index in [0.717, 1.165) is 12.1 Å². The molecule has 0 aliphatic heterocycles. The van der Waals surface area contributed by atoms with Crippen LogP contribution in [0.3, 0.4) is 0 Å². The van der Waals surface area contributed by atoms with E-state index in [2.05, 4.69) is 0 Å². The third-order valence-electron chi connectivity index (χ3n) is 3.06. The van der Waals surface area contributed by atoms with Crippen LogP contribution in [0, 0.1) is 34.9 Å². The van der Waals surface area contributed by atoms with Crippen LogP contribution in [0.2, 0.25) is 0 Å². The number of nitrogens with one attached hydrogen (secondary N) is 3. The number of hydrogen-bond acceptors (Lipinski definition) is 3. The number of benzene rings is 2. The van der Waals surface area contributed by atoms with E-state index in [1.54, 1.807) is 10.9 Å². The maximum Gasteiger partial charge on any atom is 0.257 e. The fourth-order valence-corrected chi connectivity index (χ4v) is 1.79. The number of hydrogen-bond donors (Lipinski definition) is 3. The molecular weight excluding hydrogens is 368 g/mol. The molecule has 2 amide bonds. The maximum atomic E-state index is 13.4. The molecule has 0 radical (unpaired) electrons. The molecule has 26 heavy (non-hydrogen) atoms. The summed E-state index contributed by atoms with van der Waals surface area (Å²) in [4.78, 5) is 23.2. The van der Waals surface area contributed by atoms with Gasteiger partial charge in [-0.05, 0) is 12.1 Å². The van der Waals surface area contributed by atoms with Gasteiger partial charge in [-0.1, -0.05) is 12.1 Å². The first-order valence-corrected chi connectivity index (χ1v) is 6.83. The van der Waals surface area contributed by atoms with Crippen molar-refractivity contribution >= 4 is 17.5 Å². The molecule has 0 atom stereocenters. The molecular formula is C15H9F6N3O2. The molecule has 0 aromatic heterocycles. The van der Waals surface area contributed by atoms with E-state index >= 15 is 0 Å². The van der Waals surface area contributed by atoms with Crippen molar-refractivity contribution in [3.63, 3.8) is 0 Å². The minimum atomic E-state index is -2.35. The molecule has 2 aromatic rings. The Labute approximate surface area is 142 Å². The quantitative estimate of drug-likeness (QED) is 0.324. The fourth-order valence-electron chi connectivity index (χ4n) is 1.79. The van der Waals surface area contributed by atoms with E-state index in [0.29, 0.717) is 0 Å². The van der Waals surface area contributed by atoms with Crippen LogP contribution in [-0.2, 0) is 4.79 Å². The van der Waals surface area contributed by atoms with Gasteiger partial charge in [-0.2, -0.15) is 0 Å². The highest BCUT2D eigenvalue weighted by atomic mass is 19.2. The Kier molecular flexibility index (Phi) is 5.70. The Hall–Kier alpha value is -3.24. The lowest BCUT2D eigenvalue weighted by Crippen LogP contribution is -2.40. The van der Waals surface area contributed by atoms with Gasteiger partial charge in [-0.3, -0.25) is 20.4 Å². The van der Waals surface area contributed by atoms with Crippen LogP contribution >= 0.6 is 0 Å². The summed E-state index contributed by atoms with van der Waals surface area (Å²) < 4.78 is 79.0. The summed E-state index contributed by atoms with van der Waals surface area (Å²) in [5, 5.41) is 2.01. The minimum Gasteiger partial charge on any atom is -0.343 e. The molecule has 0 spiro atoms. The van der Waals surface area contributed by atoms with Crippen LogP contribution in [0.1, 0.15) is 10.4 Å². The summed E-state index contributed by atoms with van der Waals surface area (Å²) >= 11 is 0. The van der Waals surface area contributed by atoms with Crippen molar-refractivity contribution in [1.82, 2.24) is 10.7 Å². The fraction of sp³-hybridized carbons (Fsp3) is 0.0667. The number of anilines is 1. The predicted octanol–water partition coefficient (Wildman–Crippen LogP) is 2.39. The molecule has 0 fully saturated rings. The average molecular weight is 377 g/mol. The smallest absolute Gasteiger partial charge is 0.257 e. The third-order valence-corrected chi connectivity index (χ3v) is 3.06. The maximum absolute atomic E-state index is 13.4. The van der Waals surface area contributed by atoms with E-state index < -0.39 is 58.9 Å². The highest BCUT2D eigenvalue weighted by Gasteiger charge is 2.26. The van der Waals surface area contributed by atoms with Gasteiger partial charge in [0.15, 0.2) is 23.3 Å². The Morgan fingerprint density at radius 3 is 1.92 bits per heavy atom. The van der Waals surface area contributed by atoms with Gasteiger partial charge >= 0.3 is 0 Å². The molecule has 138 valence electrons. The summed E-state index contributed by atoms with van der Waals surface area (Å²) in [6.07, 6.45) is 0. The van der Waals surface area contributed by atoms with Crippen molar-refractivity contribution < 1.29 is 35.9 Å². The number of rotatable bonds is 5. The number of halogens is 6. The Morgan fingerprint density at radius 2 is 1.35 bits per heavy atom. The van der Waals surface area contributed by atoms with Crippen molar-refractivity contribution in [3.05, 3.63) is 64.7 Å². The lowest BCUT2D eigenvalue weighted by Gasteiger charge is -2.12. The van der Waals surface area contributed by atoms with Crippen LogP contribution in [0.5, 0.6) is 0 Å². The van der Waals surface area contributed by atoms with Crippen molar-refractivity contribution in [2.45, 2.75) is 0 Å². The van der Waals surface area contributed by atoms with Gasteiger partial charge in [0.25, 0.3) is 11.8 Å². The van der Waals surface area contributed by atoms with Crippen LogP contribution < -0.4 is 16.2 Å². The van der Waals surface area contributed by atoms with Gasteiger partial charge < -0.3 is 5.32 Å². The molecule has 0 saturated carbocycles. The number of carbonyl (C=O) groups is 2. The molecule has 3 N–H and O–H groups in total. The van der Waals surface area contributed by atoms with E-state index in [4.69, 9.17) is 0 Å². The van der Waals surface area contributed by atoms with E-state index in [1.807, 2.05) is 5.32 Å². The zero-order chi connectivity index (χ0) is 19.4. The normalized spacial score (nSPS) is 10.4.